The van der Waals surface area contributed by atoms with Gasteiger partial charge in [-0.3, -0.25) is 19.2 Å². The van der Waals surface area contributed by atoms with E-state index in [9.17, 15) is 28.0 Å². The van der Waals surface area contributed by atoms with Crippen molar-refractivity contribution in [3.05, 3.63) is 52.5 Å². The maximum absolute atomic E-state index is 13.2. The van der Waals surface area contributed by atoms with Gasteiger partial charge in [0.05, 0.1) is 18.4 Å². The number of hydrogen-bond acceptors (Lipinski definition) is 6. The van der Waals surface area contributed by atoms with E-state index in [0.717, 1.165) is 5.56 Å². The number of rotatable bonds is 10. The fourth-order valence-corrected chi connectivity index (χ4v) is 5.29. The van der Waals surface area contributed by atoms with Crippen molar-refractivity contribution in [3.63, 3.8) is 0 Å². The van der Waals surface area contributed by atoms with Crippen molar-refractivity contribution in [1.29, 1.82) is 0 Å². The molecule has 8 nitrogen and oxygen atoms in total. The molecule has 0 spiro atoms. The zero-order valence-electron chi connectivity index (χ0n) is 19.9. The van der Waals surface area contributed by atoms with Crippen LogP contribution in [0.5, 0.6) is 0 Å². The van der Waals surface area contributed by atoms with Crippen LogP contribution in [0.15, 0.2) is 41.9 Å². The molecule has 1 heterocycles. The van der Waals surface area contributed by atoms with E-state index < -0.39 is 71.6 Å². The Morgan fingerprint density at radius 3 is 2.36 bits per heavy atom. The monoisotopic (exact) mass is 518 g/mol. The van der Waals surface area contributed by atoms with Crippen LogP contribution in [0.4, 0.5) is 8.78 Å². The molecule has 2 aliphatic carbocycles. The van der Waals surface area contributed by atoms with Gasteiger partial charge in [0.15, 0.2) is 0 Å². The summed E-state index contributed by atoms with van der Waals surface area (Å²) in [5.41, 5.74) is 0.0348. The van der Waals surface area contributed by atoms with Gasteiger partial charge in [0, 0.05) is 36.9 Å². The van der Waals surface area contributed by atoms with E-state index in [4.69, 9.17) is 0 Å². The number of halogens is 2. The summed E-state index contributed by atoms with van der Waals surface area (Å²) in [7, 11) is 0. The largest absolute Gasteiger partial charge is 0.353 e. The van der Waals surface area contributed by atoms with Gasteiger partial charge in [-0.25, -0.2) is 13.8 Å². The summed E-state index contributed by atoms with van der Waals surface area (Å²) in [5.74, 6) is -6.85. The number of Topliss-reactive ketones (excluding diaryl/α,β-unsaturated/α-hetero) is 1. The van der Waals surface area contributed by atoms with Crippen molar-refractivity contribution in [3.8, 4) is 0 Å². The van der Waals surface area contributed by atoms with Crippen LogP contribution < -0.4 is 16.0 Å². The Labute approximate surface area is 211 Å². The van der Waals surface area contributed by atoms with Gasteiger partial charge in [0.2, 0.25) is 17.6 Å². The molecule has 0 aliphatic heterocycles. The van der Waals surface area contributed by atoms with E-state index in [1.165, 1.54) is 11.3 Å². The fourth-order valence-electron chi connectivity index (χ4n) is 4.73. The first-order chi connectivity index (χ1) is 17.0. The highest BCUT2D eigenvalue weighted by Crippen LogP contribution is 2.58. The number of hydrogen-bond donors (Lipinski definition) is 3. The molecular weight excluding hydrogens is 490 g/mol. The van der Waals surface area contributed by atoms with Gasteiger partial charge in [-0.2, -0.15) is 0 Å². The number of nitrogens with one attached hydrogen (secondary N) is 3. The second-order valence-corrected chi connectivity index (χ2v) is 10.9. The lowest BCUT2D eigenvalue weighted by Crippen LogP contribution is -2.51. The zero-order chi connectivity index (χ0) is 26.1. The standard InChI is InChI=1S/C25H28F2N4O4S/c1-24(2)18(21(33)30-15-11-25(26,27)12-15)19(24)22(34)31-16(10-14-6-4-3-5-7-14)20(32)23(35)29-13-17-28-8-9-36-17/h3-9,15-16,18-19H,10-13H2,1-2H3,(H,29,35)(H,30,33)(H,31,34)/t16-,18?,19?/m1/s1. The SMILES string of the molecule is CC1(C)C(C(=O)NC2CC(F)(F)C2)C1C(=O)N[C@H](Cc1ccccc1)C(=O)C(=O)NCc1nccs1. The second kappa shape index (κ2) is 10.0. The smallest absolute Gasteiger partial charge is 0.289 e. The molecule has 3 amide bonds. The molecule has 4 rings (SSSR count). The summed E-state index contributed by atoms with van der Waals surface area (Å²) in [4.78, 5) is 55.5. The Balaban J connectivity index is 1.41. The summed E-state index contributed by atoms with van der Waals surface area (Å²) >= 11 is 1.34. The lowest BCUT2D eigenvalue weighted by Gasteiger charge is -2.35. The van der Waals surface area contributed by atoms with Crippen molar-refractivity contribution in [2.45, 2.75) is 57.7 Å². The Hall–Kier alpha value is -3.21. The minimum absolute atomic E-state index is 0.0896. The van der Waals surface area contributed by atoms with Crippen LogP contribution >= 0.6 is 11.3 Å². The molecule has 3 atom stereocenters. The summed E-state index contributed by atoms with van der Waals surface area (Å²) in [6.07, 6.45) is 0.864. The number of aromatic nitrogens is 1. The number of thiazole rings is 1. The van der Waals surface area contributed by atoms with Crippen LogP contribution in [0.3, 0.4) is 0 Å². The number of amides is 3. The molecule has 2 fully saturated rings. The molecule has 2 unspecified atom stereocenters. The number of ketones is 1. The molecule has 36 heavy (non-hydrogen) atoms. The maximum atomic E-state index is 13.2. The van der Waals surface area contributed by atoms with Gasteiger partial charge < -0.3 is 16.0 Å². The number of benzene rings is 1. The van der Waals surface area contributed by atoms with Crippen LogP contribution in [-0.2, 0) is 32.1 Å². The van der Waals surface area contributed by atoms with Gasteiger partial charge in [-0.05, 0) is 11.0 Å². The molecule has 1 aromatic heterocycles. The summed E-state index contributed by atoms with van der Waals surface area (Å²) in [6, 6.07) is 7.21. The van der Waals surface area contributed by atoms with Gasteiger partial charge in [0.25, 0.3) is 11.8 Å². The third kappa shape index (κ3) is 5.77. The van der Waals surface area contributed by atoms with Crippen LogP contribution in [0, 0.1) is 17.3 Å². The molecular formula is C25H28F2N4O4S. The first-order valence-electron chi connectivity index (χ1n) is 11.7. The van der Waals surface area contributed by atoms with Gasteiger partial charge in [-0.1, -0.05) is 44.2 Å². The molecule has 0 radical (unpaired) electrons. The lowest BCUT2D eigenvalue weighted by molar-refractivity contribution is -0.140. The number of carbonyl (C=O) groups excluding carboxylic acids is 4. The van der Waals surface area contributed by atoms with E-state index in [1.54, 1.807) is 49.7 Å². The zero-order valence-corrected chi connectivity index (χ0v) is 20.7. The quantitative estimate of drug-likeness (QED) is 0.417. The average Bonchev–Trinajstić information content (AvgIpc) is 3.11. The summed E-state index contributed by atoms with van der Waals surface area (Å²) in [5, 5.41) is 10.2. The topological polar surface area (TPSA) is 117 Å². The van der Waals surface area contributed by atoms with E-state index in [2.05, 4.69) is 20.9 Å². The van der Waals surface area contributed by atoms with Crippen molar-refractivity contribution < 1.29 is 28.0 Å². The van der Waals surface area contributed by atoms with Gasteiger partial charge in [0.1, 0.15) is 11.0 Å². The third-order valence-corrected chi connectivity index (χ3v) is 7.63. The van der Waals surface area contributed by atoms with Crippen LogP contribution in [0.2, 0.25) is 0 Å². The molecule has 1 aromatic carbocycles. The number of alkyl halides is 2. The predicted molar refractivity (Wildman–Crippen MR) is 128 cm³/mol. The first kappa shape index (κ1) is 25.9. The highest BCUT2D eigenvalue weighted by molar-refractivity contribution is 7.09. The Morgan fingerprint density at radius 2 is 1.75 bits per heavy atom. The van der Waals surface area contributed by atoms with Crippen LogP contribution in [0.25, 0.3) is 0 Å². The molecule has 0 saturated heterocycles. The normalized spacial score (nSPS) is 22.6. The maximum Gasteiger partial charge on any atom is 0.289 e. The van der Waals surface area contributed by atoms with Crippen molar-refractivity contribution in [2.75, 3.05) is 0 Å². The second-order valence-electron chi connectivity index (χ2n) is 9.97. The lowest BCUT2D eigenvalue weighted by atomic mass is 9.88. The predicted octanol–water partition coefficient (Wildman–Crippen LogP) is 2.24. The van der Waals surface area contributed by atoms with Crippen LogP contribution in [0.1, 0.15) is 37.3 Å². The number of nitrogens with zero attached hydrogens (tertiary/aromatic N) is 1. The van der Waals surface area contributed by atoms with Crippen LogP contribution in [-0.4, -0.2) is 46.5 Å². The minimum atomic E-state index is -2.76. The molecule has 3 N–H and O–H groups in total. The van der Waals surface area contributed by atoms with Gasteiger partial charge in [-0.15, -0.1) is 11.3 Å². The molecule has 11 heteroatoms. The van der Waals surface area contributed by atoms with Crippen molar-refractivity contribution in [2.24, 2.45) is 17.3 Å². The highest BCUT2D eigenvalue weighted by atomic mass is 32.1. The summed E-state index contributed by atoms with van der Waals surface area (Å²) < 4.78 is 26.3. The Bertz CT molecular complexity index is 1130. The van der Waals surface area contributed by atoms with E-state index in [-0.39, 0.29) is 13.0 Å². The van der Waals surface area contributed by atoms with Gasteiger partial charge >= 0.3 is 0 Å². The average molecular weight is 519 g/mol. The fraction of sp³-hybridized carbons (Fsp3) is 0.480. The number of carbonyl (C=O) groups is 4. The Morgan fingerprint density at radius 1 is 1.08 bits per heavy atom. The highest BCUT2D eigenvalue weighted by Gasteiger charge is 2.66. The third-order valence-electron chi connectivity index (χ3n) is 6.85. The molecule has 2 saturated carbocycles. The minimum Gasteiger partial charge on any atom is -0.353 e. The molecule has 2 aromatic rings. The Kier molecular flexibility index (Phi) is 7.21. The van der Waals surface area contributed by atoms with Crippen molar-refractivity contribution in [1.82, 2.24) is 20.9 Å². The van der Waals surface area contributed by atoms with E-state index >= 15 is 0 Å². The molecule has 0 bridgehead atoms. The van der Waals surface area contributed by atoms with E-state index in [0.29, 0.717) is 5.01 Å². The molecule has 2 aliphatic rings. The summed E-state index contributed by atoms with van der Waals surface area (Å²) in [6.45, 7) is 3.57. The molecule has 192 valence electrons. The first-order valence-corrected chi connectivity index (χ1v) is 12.6. The van der Waals surface area contributed by atoms with Crippen molar-refractivity contribution >= 4 is 34.8 Å². The van der Waals surface area contributed by atoms with E-state index in [1.807, 2.05) is 6.07 Å².